The van der Waals surface area contributed by atoms with Gasteiger partial charge in [0.1, 0.15) is 0 Å². The van der Waals surface area contributed by atoms with Gasteiger partial charge in [-0.15, -0.1) is 5.10 Å². The first-order valence-corrected chi connectivity index (χ1v) is 8.32. The van der Waals surface area contributed by atoms with Crippen LogP contribution in [0.3, 0.4) is 0 Å². The number of rotatable bonds is 9. The second-order valence-electron chi connectivity index (χ2n) is 4.91. The average Bonchev–Trinajstić information content (AvgIpc) is 3.06. The predicted molar refractivity (Wildman–Crippen MR) is 92.2 cm³/mol. The first-order chi connectivity index (χ1) is 12.1. The fraction of sp³-hybridized carbons (Fsp3) is 0.471. The molecule has 1 aromatic heterocycles. The van der Waals surface area contributed by atoms with Gasteiger partial charge >= 0.3 is 6.01 Å². The van der Waals surface area contributed by atoms with E-state index >= 15 is 0 Å². The standard InChI is InChI=1S/C17H23N3O5/c1-5-14(21)18-17-20-19-16(25-17)11-9-12(22-6-2)15(24-8-4)13(10-11)23-7-3/h9-10H,5-8H2,1-4H3,(H,18,20,21). The van der Waals surface area contributed by atoms with Crippen LogP contribution in [0.25, 0.3) is 11.5 Å². The van der Waals surface area contributed by atoms with Crippen LogP contribution in [0.15, 0.2) is 16.5 Å². The lowest BCUT2D eigenvalue weighted by Crippen LogP contribution is -2.09. The Bertz CT molecular complexity index is 687. The molecule has 1 aromatic carbocycles. The van der Waals surface area contributed by atoms with Gasteiger partial charge in [0.05, 0.1) is 19.8 Å². The molecule has 0 aliphatic heterocycles. The Hall–Kier alpha value is -2.77. The Morgan fingerprint density at radius 1 is 1.00 bits per heavy atom. The highest BCUT2D eigenvalue weighted by atomic mass is 16.5. The number of nitrogens with one attached hydrogen (secondary N) is 1. The summed E-state index contributed by atoms with van der Waals surface area (Å²) in [6.07, 6.45) is 0.323. The summed E-state index contributed by atoms with van der Waals surface area (Å²) in [6, 6.07) is 3.54. The van der Waals surface area contributed by atoms with Crippen molar-refractivity contribution in [1.29, 1.82) is 0 Å². The number of carbonyl (C=O) groups excluding carboxylic acids is 1. The van der Waals surface area contributed by atoms with Crippen LogP contribution < -0.4 is 19.5 Å². The molecule has 1 heterocycles. The van der Waals surface area contributed by atoms with E-state index in [4.69, 9.17) is 18.6 Å². The van der Waals surface area contributed by atoms with Crippen molar-refractivity contribution in [2.75, 3.05) is 25.1 Å². The number of hydrogen-bond acceptors (Lipinski definition) is 7. The Morgan fingerprint density at radius 3 is 2.12 bits per heavy atom. The second-order valence-corrected chi connectivity index (χ2v) is 4.91. The number of benzene rings is 1. The third-order valence-corrected chi connectivity index (χ3v) is 3.15. The Labute approximate surface area is 146 Å². The summed E-state index contributed by atoms with van der Waals surface area (Å²) in [4.78, 5) is 11.4. The fourth-order valence-corrected chi connectivity index (χ4v) is 2.11. The topological polar surface area (TPSA) is 95.7 Å². The van der Waals surface area contributed by atoms with Gasteiger partial charge in [0.25, 0.3) is 0 Å². The Morgan fingerprint density at radius 2 is 1.60 bits per heavy atom. The van der Waals surface area contributed by atoms with Gasteiger partial charge in [-0.05, 0) is 32.9 Å². The molecule has 1 amide bonds. The van der Waals surface area contributed by atoms with Crippen molar-refractivity contribution in [3.05, 3.63) is 12.1 Å². The second kappa shape index (κ2) is 8.91. The normalized spacial score (nSPS) is 10.4. The maximum Gasteiger partial charge on any atom is 0.322 e. The third-order valence-electron chi connectivity index (χ3n) is 3.15. The molecule has 0 aliphatic carbocycles. The van der Waals surface area contributed by atoms with Crippen LogP contribution >= 0.6 is 0 Å². The molecule has 0 spiro atoms. The number of ether oxygens (including phenoxy) is 3. The van der Waals surface area contributed by atoms with Gasteiger partial charge in [-0.1, -0.05) is 12.0 Å². The van der Waals surface area contributed by atoms with Gasteiger partial charge in [-0.2, -0.15) is 0 Å². The zero-order valence-electron chi connectivity index (χ0n) is 14.9. The molecule has 0 unspecified atom stereocenters. The van der Waals surface area contributed by atoms with E-state index in [0.717, 1.165) is 0 Å². The third kappa shape index (κ3) is 4.62. The zero-order valence-corrected chi connectivity index (χ0v) is 14.9. The van der Waals surface area contributed by atoms with Crippen molar-refractivity contribution in [3.63, 3.8) is 0 Å². The van der Waals surface area contributed by atoms with Gasteiger partial charge < -0.3 is 18.6 Å². The summed E-state index contributed by atoms with van der Waals surface area (Å²) in [5.41, 5.74) is 0.611. The summed E-state index contributed by atoms with van der Waals surface area (Å²) in [7, 11) is 0. The summed E-state index contributed by atoms with van der Waals surface area (Å²) in [6.45, 7) is 8.81. The molecule has 0 atom stereocenters. The van der Waals surface area contributed by atoms with E-state index in [1.54, 1.807) is 19.1 Å². The molecular weight excluding hydrogens is 326 g/mol. The smallest absolute Gasteiger partial charge is 0.322 e. The summed E-state index contributed by atoms with van der Waals surface area (Å²) >= 11 is 0. The summed E-state index contributed by atoms with van der Waals surface area (Å²) < 4.78 is 22.5. The molecule has 8 nitrogen and oxygen atoms in total. The van der Waals surface area contributed by atoms with Crippen molar-refractivity contribution in [3.8, 4) is 28.7 Å². The van der Waals surface area contributed by atoms with E-state index in [-0.39, 0.29) is 17.8 Å². The van der Waals surface area contributed by atoms with Gasteiger partial charge in [0.15, 0.2) is 11.5 Å². The van der Waals surface area contributed by atoms with E-state index in [9.17, 15) is 4.79 Å². The molecule has 136 valence electrons. The van der Waals surface area contributed by atoms with E-state index in [0.29, 0.717) is 49.1 Å². The molecule has 25 heavy (non-hydrogen) atoms. The molecule has 0 saturated heterocycles. The van der Waals surface area contributed by atoms with E-state index in [1.165, 1.54) is 0 Å². The van der Waals surface area contributed by atoms with Crippen LogP contribution in [0.5, 0.6) is 17.2 Å². The lowest BCUT2D eigenvalue weighted by molar-refractivity contribution is -0.116. The average molecular weight is 349 g/mol. The maximum absolute atomic E-state index is 11.4. The minimum atomic E-state index is -0.202. The fourth-order valence-electron chi connectivity index (χ4n) is 2.11. The van der Waals surface area contributed by atoms with E-state index in [1.807, 2.05) is 20.8 Å². The molecular formula is C17H23N3O5. The van der Waals surface area contributed by atoms with Crippen LogP contribution in [0.4, 0.5) is 6.01 Å². The van der Waals surface area contributed by atoms with Crippen LogP contribution in [0.2, 0.25) is 0 Å². The van der Waals surface area contributed by atoms with Crippen molar-refractivity contribution in [2.24, 2.45) is 0 Å². The number of anilines is 1. The number of amides is 1. The van der Waals surface area contributed by atoms with Crippen LogP contribution in [0.1, 0.15) is 34.1 Å². The van der Waals surface area contributed by atoms with Gasteiger partial charge in [-0.25, -0.2) is 0 Å². The first-order valence-electron chi connectivity index (χ1n) is 8.32. The van der Waals surface area contributed by atoms with Gasteiger partial charge in [-0.3, -0.25) is 10.1 Å². The molecule has 2 aromatic rings. The van der Waals surface area contributed by atoms with E-state index in [2.05, 4.69) is 15.5 Å². The number of aromatic nitrogens is 2. The molecule has 2 rings (SSSR count). The number of nitrogens with zero attached hydrogens (tertiary/aromatic N) is 2. The van der Waals surface area contributed by atoms with Crippen LogP contribution in [0, 0.1) is 0 Å². The quantitative estimate of drug-likeness (QED) is 0.742. The highest BCUT2D eigenvalue weighted by Gasteiger charge is 2.19. The highest BCUT2D eigenvalue weighted by Crippen LogP contribution is 2.41. The van der Waals surface area contributed by atoms with Gasteiger partial charge in [0.2, 0.25) is 17.5 Å². The molecule has 0 saturated carbocycles. The summed E-state index contributed by atoms with van der Waals surface area (Å²) in [5.74, 6) is 1.64. The van der Waals surface area contributed by atoms with Crippen molar-refractivity contribution in [1.82, 2.24) is 10.2 Å². The molecule has 1 N–H and O–H groups in total. The van der Waals surface area contributed by atoms with Crippen molar-refractivity contribution in [2.45, 2.75) is 34.1 Å². The minimum Gasteiger partial charge on any atom is -0.490 e. The summed E-state index contributed by atoms with van der Waals surface area (Å²) in [5, 5.41) is 10.3. The molecule has 0 radical (unpaired) electrons. The van der Waals surface area contributed by atoms with Crippen LogP contribution in [-0.4, -0.2) is 35.9 Å². The SMILES string of the molecule is CCOc1cc(-c2nnc(NC(=O)CC)o2)cc(OCC)c1OCC. The lowest BCUT2D eigenvalue weighted by atomic mass is 10.2. The Balaban J connectivity index is 2.41. The highest BCUT2D eigenvalue weighted by molar-refractivity contribution is 5.88. The maximum atomic E-state index is 11.4. The molecule has 0 bridgehead atoms. The lowest BCUT2D eigenvalue weighted by Gasteiger charge is -2.16. The van der Waals surface area contributed by atoms with E-state index < -0.39 is 0 Å². The van der Waals surface area contributed by atoms with Gasteiger partial charge in [0, 0.05) is 12.0 Å². The zero-order chi connectivity index (χ0) is 18.2. The molecule has 8 heteroatoms. The Kier molecular flexibility index (Phi) is 6.62. The monoisotopic (exact) mass is 349 g/mol. The van der Waals surface area contributed by atoms with Crippen molar-refractivity contribution < 1.29 is 23.4 Å². The molecule has 0 fully saturated rings. The number of hydrogen-bond donors (Lipinski definition) is 1. The number of carbonyl (C=O) groups is 1. The van der Waals surface area contributed by atoms with Crippen LogP contribution in [-0.2, 0) is 4.79 Å². The first kappa shape index (κ1) is 18.6. The van der Waals surface area contributed by atoms with Crippen molar-refractivity contribution >= 4 is 11.9 Å². The largest absolute Gasteiger partial charge is 0.490 e. The molecule has 0 aliphatic rings. The predicted octanol–water partition coefficient (Wildman–Crippen LogP) is 3.28. The minimum absolute atomic E-state index is 0.0478.